The Morgan fingerprint density at radius 3 is 2.10 bits per heavy atom. The lowest BCUT2D eigenvalue weighted by Gasteiger charge is -2.03. The summed E-state index contributed by atoms with van der Waals surface area (Å²) in [5, 5.41) is 14.7. The van der Waals surface area contributed by atoms with E-state index in [0.717, 1.165) is 28.1 Å². The second-order valence-electron chi connectivity index (χ2n) is 6.63. The minimum absolute atomic E-state index is 0.517. The maximum atomic E-state index is 9.89. The number of benzene rings is 3. The van der Waals surface area contributed by atoms with Crippen molar-refractivity contribution in [3.63, 3.8) is 0 Å². The van der Waals surface area contributed by atoms with Crippen molar-refractivity contribution in [2.75, 3.05) is 11.5 Å². The molecule has 5 heteroatoms. The highest BCUT2D eigenvalue weighted by Crippen LogP contribution is 2.30. The van der Waals surface area contributed by atoms with Crippen LogP contribution in [0.15, 0.2) is 85.1 Å². The summed E-state index contributed by atoms with van der Waals surface area (Å²) in [5.74, 6) is 0. The first-order valence-corrected chi connectivity index (χ1v) is 9.13. The number of aromatic nitrogens is 2. The summed E-state index contributed by atoms with van der Waals surface area (Å²) in [6, 6.07) is 27.0. The number of nitrogens with two attached hydrogens (primary N) is 2. The SMILES string of the molecule is N#CC(=Cc1ccc(N)cc1)c1cn(-c2ccccc2)nc1-c1ccc(N)cc1. The van der Waals surface area contributed by atoms with Crippen molar-refractivity contribution in [3.05, 3.63) is 96.2 Å². The number of rotatable bonds is 4. The van der Waals surface area contributed by atoms with Crippen LogP contribution in [0, 0.1) is 11.3 Å². The lowest BCUT2D eigenvalue weighted by Crippen LogP contribution is -1.94. The van der Waals surface area contributed by atoms with Gasteiger partial charge in [-0.15, -0.1) is 0 Å². The van der Waals surface area contributed by atoms with Crippen LogP contribution in [0.2, 0.25) is 0 Å². The Morgan fingerprint density at radius 1 is 0.862 bits per heavy atom. The fourth-order valence-corrected chi connectivity index (χ4v) is 3.07. The summed E-state index contributed by atoms with van der Waals surface area (Å²) >= 11 is 0. The molecule has 0 unspecified atom stereocenters. The van der Waals surface area contributed by atoms with Gasteiger partial charge in [0.25, 0.3) is 0 Å². The molecule has 0 bridgehead atoms. The van der Waals surface area contributed by atoms with Crippen molar-refractivity contribution in [2.45, 2.75) is 0 Å². The van der Waals surface area contributed by atoms with E-state index in [-0.39, 0.29) is 0 Å². The van der Waals surface area contributed by atoms with Crippen LogP contribution in [0.1, 0.15) is 11.1 Å². The highest BCUT2D eigenvalue weighted by Gasteiger charge is 2.16. The third-order valence-corrected chi connectivity index (χ3v) is 4.58. The molecular formula is C24H19N5. The summed E-state index contributed by atoms with van der Waals surface area (Å²) in [6.45, 7) is 0. The van der Waals surface area contributed by atoms with Gasteiger partial charge in [-0.3, -0.25) is 0 Å². The Hall–Kier alpha value is -4.30. The first-order chi connectivity index (χ1) is 14.1. The van der Waals surface area contributed by atoms with Gasteiger partial charge in [-0.25, -0.2) is 4.68 Å². The second-order valence-corrected chi connectivity index (χ2v) is 6.63. The number of nitriles is 1. The predicted octanol–water partition coefficient (Wildman–Crippen LogP) is 4.77. The van der Waals surface area contributed by atoms with Crippen LogP contribution in [-0.4, -0.2) is 9.78 Å². The zero-order valence-electron chi connectivity index (χ0n) is 15.7. The fourth-order valence-electron chi connectivity index (χ4n) is 3.07. The van der Waals surface area contributed by atoms with Crippen LogP contribution in [0.4, 0.5) is 11.4 Å². The molecule has 3 aromatic carbocycles. The number of anilines is 2. The molecule has 0 amide bonds. The number of hydrogen-bond donors (Lipinski definition) is 2. The van der Waals surface area contributed by atoms with Gasteiger partial charge in [0.1, 0.15) is 5.69 Å². The third-order valence-electron chi connectivity index (χ3n) is 4.58. The van der Waals surface area contributed by atoms with E-state index >= 15 is 0 Å². The number of nitrogen functional groups attached to an aromatic ring is 2. The highest BCUT2D eigenvalue weighted by atomic mass is 15.3. The van der Waals surface area contributed by atoms with Gasteiger partial charge in [-0.2, -0.15) is 10.4 Å². The summed E-state index contributed by atoms with van der Waals surface area (Å²) in [6.07, 6.45) is 3.72. The first kappa shape index (κ1) is 18.1. The Bertz CT molecular complexity index is 1200. The van der Waals surface area contributed by atoms with E-state index in [1.54, 1.807) is 4.68 Å². The number of allylic oxidation sites excluding steroid dienone is 1. The molecule has 1 aromatic heterocycles. The predicted molar refractivity (Wildman–Crippen MR) is 118 cm³/mol. The number of nitrogens with zero attached hydrogens (tertiary/aromatic N) is 3. The molecule has 5 nitrogen and oxygen atoms in total. The van der Waals surface area contributed by atoms with Crippen molar-refractivity contribution in [3.8, 4) is 23.0 Å². The summed E-state index contributed by atoms with van der Waals surface area (Å²) in [7, 11) is 0. The molecule has 4 N–H and O–H groups in total. The largest absolute Gasteiger partial charge is 0.399 e. The van der Waals surface area contributed by atoms with Gasteiger partial charge in [-0.05, 0) is 48.0 Å². The molecule has 1 heterocycles. The van der Waals surface area contributed by atoms with Gasteiger partial charge >= 0.3 is 0 Å². The molecule has 0 aliphatic rings. The summed E-state index contributed by atoms with van der Waals surface area (Å²) in [4.78, 5) is 0. The summed E-state index contributed by atoms with van der Waals surface area (Å²) in [5.41, 5.74) is 17.7. The van der Waals surface area contributed by atoms with Crippen LogP contribution >= 0.6 is 0 Å². The average molecular weight is 377 g/mol. The topological polar surface area (TPSA) is 93.6 Å². The molecule has 0 atom stereocenters. The summed E-state index contributed by atoms with van der Waals surface area (Å²) < 4.78 is 1.79. The molecule has 0 saturated carbocycles. The van der Waals surface area contributed by atoms with Crippen molar-refractivity contribution < 1.29 is 0 Å². The van der Waals surface area contributed by atoms with E-state index in [1.807, 2.05) is 91.1 Å². The van der Waals surface area contributed by atoms with Gasteiger partial charge in [0.2, 0.25) is 0 Å². The zero-order chi connectivity index (χ0) is 20.2. The van der Waals surface area contributed by atoms with Crippen LogP contribution in [0.25, 0.3) is 28.6 Å². The molecule has 4 aromatic rings. The number of para-hydroxylation sites is 1. The van der Waals surface area contributed by atoms with Gasteiger partial charge in [0.15, 0.2) is 0 Å². The van der Waals surface area contributed by atoms with E-state index in [4.69, 9.17) is 16.6 Å². The van der Waals surface area contributed by atoms with E-state index in [9.17, 15) is 5.26 Å². The Balaban J connectivity index is 1.88. The van der Waals surface area contributed by atoms with Crippen LogP contribution in [0.5, 0.6) is 0 Å². The van der Waals surface area contributed by atoms with E-state index < -0.39 is 0 Å². The van der Waals surface area contributed by atoms with Crippen LogP contribution < -0.4 is 11.5 Å². The average Bonchev–Trinajstić information content (AvgIpc) is 3.20. The fraction of sp³-hybridized carbons (Fsp3) is 0. The minimum atomic E-state index is 0.517. The van der Waals surface area contributed by atoms with E-state index in [0.29, 0.717) is 16.9 Å². The molecule has 0 saturated heterocycles. The van der Waals surface area contributed by atoms with Gasteiger partial charge < -0.3 is 11.5 Å². The monoisotopic (exact) mass is 377 g/mol. The maximum absolute atomic E-state index is 9.89. The van der Waals surface area contributed by atoms with Gasteiger partial charge in [-0.1, -0.05) is 42.5 Å². The number of hydrogen-bond acceptors (Lipinski definition) is 4. The van der Waals surface area contributed by atoms with Crippen molar-refractivity contribution in [1.82, 2.24) is 9.78 Å². The van der Waals surface area contributed by atoms with Crippen molar-refractivity contribution >= 4 is 23.0 Å². The van der Waals surface area contributed by atoms with Crippen molar-refractivity contribution in [1.29, 1.82) is 5.26 Å². The van der Waals surface area contributed by atoms with E-state index in [1.165, 1.54) is 0 Å². The zero-order valence-corrected chi connectivity index (χ0v) is 15.7. The smallest absolute Gasteiger partial charge is 0.101 e. The maximum Gasteiger partial charge on any atom is 0.101 e. The van der Waals surface area contributed by atoms with Crippen LogP contribution in [-0.2, 0) is 0 Å². The van der Waals surface area contributed by atoms with E-state index in [2.05, 4.69) is 6.07 Å². The quantitative estimate of drug-likeness (QED) is 0.396. The molecule has 0 aliphatic heterocycles. The standard InChI is InChI=1S/C24H19N5/c25-15-19(14-17-6-10-20(26)11-7-17)23-16-29(22-4-2-1-3-5-22)28-24(23)18-8-12-21(27)13-9-18/h1-14,16H,26-27H2. The molecule has 0 fully saturated rings. The molecule has 0 aliphatic carbocycles. The Labute approximate surface area is 169 Å². The van der Waals surface area contributed by atoms with Crippen LogP contribution in [0.3, 0.4) is 0 Å². The lowest BCUT2D eigenvalue weighted by atomic mass is 10.0. The molecule has 140 valence electrons. The second kappa shape index (κ2) is 7.75. The molecule has 4 rings (SSSR count). The normalized spacial score (nSPS) is 11.2. The molecule has 0 spiro atoms. The first-order valence-electron chi connectivity index (χ1n) is 9.13. The molecular weight excluding hydrogens is 358 g/mol. The molecule has 29 heavy (non-hydrogen) atoms. The Morgan fingerprint density at radius 2 is 1.48 bits per heavy atom. The third kappa shape index (κ3) is 3.87. The van der Waals surface area contributed by atoms with Gasteiger partial charge in [0.05, 0.1) is 17.3 Å². The minimum Gasteiger partial charge on any atom is -0.399 e. The van der Waals surface area contributed by atoms with Gasteiger partial charge in [0, 0.05) is 28.7 Å². The Kier molecular flexibility index (Phi) is 4.83. The lowest BCUT2D eigenvalue weighted by molar-refractivity contribution is 0.884. The molecule has 0 radical (unpaired) electrons. The van der Waals surface area contributed by atoms with Crippen molar-refractivity contribution in [2.24, 2.45) is 0 Å². The highest BCUT2D eigenvalue weighted by molar-refractivity contribution is 5.94.